The van der Waals surface area contributed by atoms with Crippen molar-refractivity contribution in [2.45, 2.75) is 18.4 Å². The lowest BCUT2D eigenvalue weighted by Crippen LogP contribution is -2.52. The third-order valence-corrected chi connectivity index (χ3v) is 6.54. The van der Waals surface area contributed by atoms with Gasteiger partial charge >= 0.3 is 6.03 Å². The molecule has 2 N–H and O–H groups in total. The van der Waals surface area contributed by atoms with E-state index in [0.29, 0.717) is 37.1 Å². The van der Waals surface area contributed by atoms with Crippen LogP contribution >= 0.6 is 0 Å². The zero-order valence-corrected chi connectivity index (χ0v) is 18.8. The molecule has 0 unspecified atom stereocenters. The summed E-state index contributed by atoms with van der Waals surface area (Å²) in [7, 11) is 0. The lowest BCUT2D eigenvalue weighted by Gasteiger charge is -2.31. The van der Waals surface area contributed by atoms with E-state index in [1.807, 2.05) is 12.1 Å². The van der Waals surface area contributed by atoms with E-state index in [0.717, 1.165) is 5.01 Å². The van der Waals surface area contributed by atoms with Crippen LogP contribution in [0.3, 0.4) is 0 Å². The molecule has 2 saturated heterocycles. The molecule has 0 aliphatic carbocycles. The van der Waals surface area contributed by atoms with Crippen LogP contribution in [0.15, 0.2) is 83.5 Å². The minimum atomic E-state index is -1.45. The molecule has 0 radical (unpaired) electrons. The van der Waals surface area contributed by atoms with Crippen molar-refractivity contribution < 1.29 is 23.6 Å². The van der Waals surface area contributed by atoms with Crippen LogP contribution in [0.1, 0.15) is 34.5 Å². The summed E-state index contributed by atoms with van der Waals surface area (Å²) in [5.41, 5.74) is 2.25. The zero-order valence-electron chi connectivity index (χ0n) is 18.8. The summed E-state index contributed by atoms with van der Waals surface area (Å²) in [5, 5.41) is 3.57. The number of likely N-dealkylation sites (tertiary alicyclic amines) is 1. The fraction of sp³-hybridized carbons (Fsp3) is 0.231. The molecule has 5 rings (SSSR count). The first kappa shape index (κ1) is 22.4. The van der Waals surface area contributed by atoms with E-state index in [9.17, 15) is 19.2 Å². The zero-order chi connectivity index (χ0) is 24.4. The minimum absolute atomic E-state index is 0.224. The predicted molar refractivity (Wildman–Crippen MR) is 125 cm³/mol. The molecule has 0 atom stereocenters. The Labute approximate surface area is 201 Å². The Balaban J connectivity index is 1.31. The van der Waals surface area contributed by atoms with Crippen LogP contribution in [0, 0.1) is 5.92 Å². The Hall–Kier alpha value is -4.40. The number of nitrogens with one attached hydrogen (secondary N) is 2. The average molecular weight is 473 g/mol. The molecule has 2 aromatic carbocycles. The Morgan fingerprint density at radius 3 is 2.03 bits per heavy atom. The molecule has 178 valence electrons. The molecular formula is C26H24N4O5. The van der Waals surface area contributed by atoms with Crippen LogP contribution < -0.4 is 10.7 Å². The van der Waals surface area contributed by atoms with Crippen LogP contribution in [0.4, 0.5) is 4.79 Å². The molecule has 3 heterocycles. The Morgan fingerprint density at radius 2 is 1.49 bits per heavy atom. The van der Waals surface area contributed by atoms with E-state index in [1.54, 1.807) is 65.6 Å². The highest BCUT2D eigenvalue weighted by Gasteiger charge is 2.54. The van der Waals surface area contributed by atoms with Crippen LogP contribution in [0.2, 0.25) is 0 Å². The molecule has 2 aliphatic heterocycles. The molecule has 9 nitrogen and oxygen atoms in total. The standard InChI is InChI=1S/C26H24N4O5/c31-22(18-13-15-29(16-14-18)23(32)21-12-7-17-35-21)28-30-24(33)26(27-25(30)34,19-8-3-1-4-9-19)20-10-5-2-6-11-20/h1-12,17-18H,13-16H2,(H,27,34)(H,28,31). The molecule has 5 amide bonds. The number of amides is 5. The highest BCUT2D eigenvalue weighted by atomic mass is 16.3. The molecule has 3 aromatic rings. The van der Waals surface area contributed by atoms with E-state index in [4.69, 9.17) is 4.42 Å². The third-order valence-electron chi connectivity index (χ3n) is 6.54. The number of imide groups is 1. The van der Waals surface area contributed by atoms with Gasteiger partial charge in [-0.2, -0.15) is 5.01 Å². The highest BCUT2D eigenvalue weighted by molar-refractivity contribution is 6.10. The molecule has 1 aromatic heterocycles. The van der Waals surface area contributed by atoms with Gasteiger partial charge in [0, 0.05) is 19.0 Å². The number of hydrogen-bond donors (Lipinski definition) is 2. The summed E-state index contributed by atoms with van der Waals surface area (Å²) in [6.45, 7) is 0.742. The van der Waals surface area contributed by atoms with Crippen molar-refractivity contribution >= 4 is 23.8 Å². The molecule has 0 saturated carbocycles. The molecular weight excluding hydrogens is 448 g/mol. The lowest BCUT2D eigenvalue weighted by molar-refractivity contribution is -0.140. The largest absolute Gasteiger partial charge is 0.459 e. The summed E-state index contributed by atoms with van der Waals surface area (Å²) in [5.74, 6) is -1.43. The summed E-state index contributed by atoms with van der Waals surface area (Å²) in [6, 6.07) is 20.4. The van der Waals surface area contributed by atoms with E-state index >= 15 is 0 Å². The number of urea groups is 1. The van der Waals surface area contributed by atoms with Gasteiger partial charge in [0.2, 0.25) is 5.91 Å². The molecule has 0 spiro atoms. The van der Waals surface area contributed by atoms with Gasteiger partial charge in [-0.3, -0.25) is 19.8 Å². The van der Waals surface area contributed by atoms with E-state index in [1.165, 1.54) is 6.26 Å². The third kappa shape index (κ3) is 3.95. The number of benzene rings is 2. The van der Waals surface area contributed by atoms with Crippen LogP contribution in [-0.4, -0.2) is 46.8 Å². The molecule has 9 heteroatoms. The number of piperidine rings is 1. The summed E-state index contributed by atoms with van der Waals surface area (Å²) in [4.78, 5) is 53.8. The van der Waals surface area contributed by atoms with Crippen molar-refractivity contribution in [3.8, 4) is 0 Å². The van der Waals surface area contributed by atoms with Crippen molar-refractivity contribution in [2.24, 2.45) is 5.92 Å². The number of carbonyl (C=O) groups excluding carboxylic acids is 4. The van der Waals surface area contributed by atoms with Gasteiger partial charge in [0.15, 0.2) is 11.3 Å². The predicted octanol–water partition coefficient (Wildman–Crippen LogP) is 2.66. The van der Waals surface area contributed by atoms with Crippen molar-refractivity contribution in [3.05, 3.63) is 95.9 Å². The maximum atomic E-state index is 13.7. The maximum Gasteiger partial charge on any atom is 0.344 e. The minimum Gasteiger partial charge on any atom is -0.459 e. The van der Waals surface area contributed by atoms with Crippen molar-refractivity contribution in [1.29, 1.82) is 0 Å². The van der Waals surface area contributed by atoms with Crippen LogP contribution in [-0.2, 0) is 15.1 Å². The van der Waals surface area contributed by atoms with Crippen molar-refractivity contribution in [3.63, 3.8) is 0 Å². The van der Waals surface area contributed by atoms with Gasteiger partial charge in [-0.25, -0.2) is 4.79 Å². The van der Waals surface area contributed by atoms with Gasteiger partial charge in [0.05, 0.1) is 6.26 Å². The Morgan fingerprint density at radius 1 is 0.886 bits per heavy atom. The van der Waals surface area contributed by atoms with E-state index in [-0.39, 0.29) is 11.7 Å². The highest BCUT2D eigenvalue weighted by Crippen LogP contribution is 2.35. The molecule has 35 heavy (non-hydrogen) atoms. The second-order valence-electron chi connectivity index (χ2n) is 8.57. The first-order valence-electron chi connectivity index (χ1n) is 11.4. The number of hydrazine groups is 1. The summed E-state index contributed by atoms with van der Waals surface area (Å²) in [6.07, 6.45) is 2.26. The Bertz CT molecular complexity index is 1200. The quantitative estimate of drug-likeness (QED) is 0.555. The second kappa shape index (κ2) is 9.09. The van der Waals surface area contributed by atoms with Gasteiger partial charge in [0.1, 0.15) is 0 Å². The number of rotatable bonds is 5. The van der Waals surface area contributed by atoms with Crippen LogP contribution in [0.25, 0.3) is 0 Å². The first-order valence-corrected chi connectivity index (χ1v) is 11.4. The number of furan rings is 1. The second-order valence-corrected chi connectivity index (χ2v) is 8.57. The normalized spacial score (nSPS) is 17.8. The van der Waals surface area contributed by atoms with E-state index in [2.05, 4.69) is 10.7 Å². The fourth-order valence-electron chi connectivity index (χ4n) is 4.67. The number of hydrogen-bond acceptors (Lipinski definition) is 5. The van der Waals surface area contributed by atoms with Gasteiger partial charge in [-0.15, -0.1) is 0 Å². The van der Waals surface area contributed by atoms with Crippen molar-refractivity contribution in [1.82, 2.24) is 20.7 Å². The first-order chi connectivity index (χ1) is 17.0. The molecule has 2 aliphatic rings. The topological polar surface area (TPSA) is 112 Å². The lowest BCUT2D eigenvalue weighted by atomic mass is 9.83. The van der Waals surface area contributed by atoms with Crippen LogP contribution in [0.5, 0.6) is 0 Å². The van der Waals surface area contributed by atoms with Crippen molar-refractivity contribution in [2.75, 3.05) is 13.1 Å². The number of carbonyl (C=O) groups is 4. The van der Waals surface area contributed by atoms with Gasteiger partial charge < -0.3 is 14.6 Å². The monoisotopic (exact) mass is 472 g/mol. The van der Waals surface area contributed by atoms with E-state index < -0.39 is 29.3 Å². The SMILES string of the molecule is O=C(NN1C(=O)NC(c2ccccc2)(c2ccccc2)C1=O)C1CCN(C(=O)c2ccco2)CC1. The Kier molecular flexibility index (Phi) is 5.82. The number of nitrogens with zero attached hydrogens (tertiary/aromatic N) is 2. The smallest absolute Gasteiger partial charge is 0.344 e. The van der Waals surface area contributed by atoms with Gasteiger partial charge in [-0.1, -0.05) is 60.7 Å². The average Bonchev–Trinajstić information content (AvgIpc) is 3.53. The summed E-state index contributed by atoms with van der Waals surface area (Å²) < 4.78 is 5.17. The van der Waals surface area contributed by atoms with Gasteiger partial charge in [0.25, 0.3) is 11.8 Å². The fourth-order valence-corrected chi connectivity index (χ4v) is 4.67. The summed E-state index contributed by atoms with van der Waals surface area (Å²) >= 11 is 0. The van der Waals surface area contributed by atoms with Gasteiger partial charge in [-0.05, 0) is 36.1 Å². The molecule has 0 bridgehead atoms. The molecule has 2 fully saturated rings. The maximum absolute atomic E-state index is 13.7.